The minimum absolute atomic E-state index is 0.00436. The van der Waals surface area contributed by atoms with Crippen molar-refractivity contribution in [3.8, 4) is 0 Å². The molecule has 1 heteroatoms. The van der Waals surface area contributed by atoms with Crippen LogP contribution in [0.3, 0.4) is 0 Å². The molecule has 0 N–H and O–H groups in total. The molecule has 0 aromatic rings. The fraction of sp³-hybridized carbons (Fsp3) is 0.958. The molecule has 10 atom stereocenters. The van der Waals surface area contributed by atoms with Crippen LogP contribution < -0.4 is 0 Å². The van der Waals surface area contributed by atoms with Crippen molar-refractivity contribution in [2.75, 3.05) is 0 Å². The summed E-state index contributed by atoms with van der Waals surface area (Å²) in [7, 11) is 0. The summed E-state index contributed by atoms with van der Waals surface area (Å²) < 4.78 is 0. The SMILES string of the molecule is CC1CC(C)C2(C)C3C(C)CC4(C)C(=O)CCC4C3CC(C)C2(C)C1. The predicted molar refractivity (Wildman–Crippen MR) is 104 cm³/mol. The van der Waals surface area contributed by atoms with Gasteiger partial charge >= 0.3 is 0 Å². The van der Waals surface area contributed by atoms with E-state index in [1.807, 2.05) is 0 Å². The van der Waals surface area contributed by atoms with Crippen LogP contribution in [0.25, 0.3) is 0 Å². The molecule has 4 aliphatic carbocycles. The van der Waals surface area contributed by atoms with Gasteiger partial charge in [0, 0.05) is 11.8 Å². The van der Waals surface area contributed by atoms with Gasteiger partial charge in [0.1, 0.15) is 5.78 Å². The molecule has 0 aromatic heterocycles. The minimum atomic E-state index is -0.00436. The average Bonchev–Trinajstić information content (AvgIpc) is 2.79. The number of Topliss-reactive ketones (excluding diaryl/α,β-unsaturated/α-hetero) is 1. The van der Waals surface area contributed by atoms with Crippen LogP contribution in [-0.2, 0) is 4.79 Å². The largest absolute Gasteiger partial charge is 0.299 e. The highest BCUT2D eigenvalue weighted by molar-refractivity contribution is 5.87. The standard InChI is InChI=1S/C24H40O/c1-14-10-17(4)24(7)21-15(2)13-22(5)19(8-9-20(22)25)18(21)11-16(3)23(24,6)12-14/h14-19,21H,8-13H2,1-7H3. The first-order valence-corrected chi connectivity index (χ1v) is 11.1. The lowest BCUT2D eigenvalue weighted by Crippen LogP contribution is -2.64. The van der Waals surface area contributed by atoms with Gasteiger partial charge in [-0.15, -0.1) is 0 Å². The van der Waals surface area contributed by atoms with Gasteiger partial charge < -0.3 is 0 Å². The molecule has 4 saturated carbocycles. The minimum Gasteiger partial charge on any atom is -0.299 e. The second-order valence-corrected chi connectivity index (χ2v) is 11.6. The van der Waals surface area contributed by atoms with Crippen molar-refractivity contribution in [3.05, 3.63) is 0 Å². The van der Waals surface area contributed by atoms with E-state index < -0.39 is 0 Å². The van der Waals surface area contributed by atoms with E-state index in [0.29, 0.717) is 28.4 Å². The van der Waals surface area contributed by atoms with Crippen molar-refractivity contribution in [1.82, 2.24) is 0 Å². The van der Waals surface area contributed by atoms with Gasteiger partial charge in [-0.05, 0) is 84.4 Å². The normalized spacial score (nSPS) is 61.4. The van der Waals surface area contributed by atoms with Crippen molar-refractivity contribution in [1.29, 1.82) is 0 Å². The van der Waals surface area contributed by atoms with E-state index in [4.69, 9.17) is 0 Å². The number of carbonyl (C=O) groups excluding carboxylic acids is 1. The first-order valence-electron chi connectivity index (χ1n) is 11.1. The van der Waals surface area contributed by atoms with Gasteiger partial charge in [0.25, 0.3) is 0 Å². The van der Waals surface area contributed by atoms with Crippen molar-refractivity contribution in [3.63, 3.8) is 0 Å². The summed E-state index contributed by atoms with van der Waals surface area (Å²) in [6.45, 7) is 17.7. The van der Waals surface area contributed by atoms with Gasteiger partial charge in [0.15, 0.2) is 0 Å². The van der Waals surface area contributed by atoms with Crippen molar-refractivity contribution in [2.24, 2.45) is 57.7 Å². The summed E-state index contributed by atoms with van der Waals surface area (Å²) >= 11 is 0. The Morgan fingerprint density at radius 1 is 0.920 bits per heavy atom. The van der Waals surface area contributed by atoms with E-state index in [1.54, 1.807) is 0 Å². The zero-order valence-electron chi connectivity index (χ0n) is 17.7. The van der Waals surface area contributed by atoms with Gasteiger partial charge in [-0.3, -0.25) is 4.79 Å². The van der Waals surface area contributed by atoms with Gasteiger partial charge in [0.2, 0.25) is 0 Å². The summed E-state index contributed by atoms with van der Waals surface area (Å²) in [5.41, 5.74) is 0.902. The van der Waals surface area contributed by atoms with E-state index in [2.05, 4.69) is 48.5 Å². The Kier molecular flexibility index (Phi) is 3.87. The van der Waals surface area contributed by atoms with Crippen molar-refractivity contribution >= 4 is 5.78 Å². The van der Waals surface area contributed by atoms with Crippen molar-refractivity contribution < 1.29 is 4.79 Å². The summed E-state index contributed by atoms with van der Waals surface area (Å²) in [5, 5.41) is 0. The van der Waals surface area contributed by atoms with Gasteiger partial charge in [-0.25, -0.2) is 0 Å². The summed E-state index contributed by atoms with van der Waals surface area (Å²) in [5.74, 6) is 6.00. The van der Waals surface area contributed by atoms with Gasteiger partial charge in [-0.2, -0.15) is 0 Å². The van der Waals surface area contributed by atoms with Crippen LogP contribution in [0, 0.1) is 57.7 Å². The van der Waals surface area contributed by atoms with E-state index in [-0.39, 0.29) is 5.41 Å². The Morgan fingerprint density at radius 3 is 2.28 bits per heavy atom. The van der Waals surface area contributed by atoms with Gasteiger partial charge in [0.05, 0.1) is 0 Å². The van der Waals surface area contributed by atoms with Crippen LogP contribution in [0.15, 0.2) is 0 Å². The third kappa shape index (κ3) is 2.05. The van der Waals surface area contributed by atoms with E-state index >= 15 is 0 Å². The molecule has 0 aromatic carbocycles. The molecule has 4 rings (SSSR count). The molecule has 0 amide bonds. The van der Waals surface area contributed by atoms with Crippen molar-refractivity contribution in [2.45, 2.75) is 87.0 Å². The van der Waals surface area contributed by atoms with Crippen LogP contribution in [-0.4, -0.2) is 5.78 Å². The number of ketones is 1. The highest BCUT2D eigenvalue weighted by atomic mass is 16.1. The lowest BCUT2D eigenvalue weighted by atomic mass is 9.34. The summed E-state index contributed by atoms with van der Waals surface area (Å²) in [6, 6.07) is 0. The first kappa shape index (κ1) is 18.1. The number of fused-ring (bicyclic) bond motifs is 5. The average molecular weight is 345 g/mol. The monoisotopic (exact) mass is 344 g/mol. The molecule has 0 heterocycles. The van der Waals surface area contributed by atoms with E-state index in [0.717, 1.165) is 42.4 Å². The van der Waals surface area contributed by atoms with Crippen LogP contribution in [0.2, 0.25) is 0 Å². The highest BCUT2D eigenvalue weighted by Gasteiger charge is 2.68. The number of hydrogen-bond donors (Lipinski definition) is 0. The molecule has 0 radical (unpaired) electrons. The maximum atomic E-state index is 12.8. The fourth-order valence-electron chi connectivity index (χ4n) is 9.41. The Hall–Kier alpha value is -0.330. The molecule has 1 nitrogen and oxygen atoms in total. The maximum Gasteiger partial charge on any atom is 0.139 e. The lowest BCUT2D eigenvalue weighted by molar-refractivity contribution is -0.221. The quantitative estimate of drug-likeness (QED) is 0.499. The molecular weight excluding hydrogens is 304 g/mol. The molecule has 0 bridgehead atoms. The maximum absolute atomic E-state index is 12.8. The van der Waals surface area contributed by atoms with Crippen LogP contribution in [0.4, 0.5) is 0 Å². The third-order valence-corrected chi connectivity index (χ3v) is 10.7. The molecule has 0 saturated heterocycles. The highest BCUT2D eigenvalue weighted by Crippen LogP contribution is 2.73. The molecular formula is C24H40O. The Balaban J connectivity index is 1.81. The van der Waals surface area contributed by atoms with Crippen LogP contribution in [0.1, 0.15) is 87.0 Å². The molecule has 0 aliphatic heterocycles. The first-order chi connectivity index (χ1) is 11.6. The predicted octanol–water partition coefficient (Wildman–Crippen LogP) is 6.36. The zero-order valence-corrected chi connectivity index (χ0v) is 17.7. The van der Waals surface area contributed by atoms with Gasteiger partial charge in [-0.1, -0.05) is 48.5 Å². The molecule has 142 valence electrons. The fourth-order valence-corrected chi connectivity index (χ4v) is 9.41. The van der Waals surface area contributed by atoms with Crippen LogP contribution in [0.5, 0.6) is 0 Å². The smallest absolute Gasteiger partial charge is 0.139 e. The zero-order chi connectivity index (χ0) is 18.4. The molecule has 0 spiro atoms. The molecule has 10 unspecified atom stereocenters. The molecule has 4 fully saturated rings. The lowest BCUT2D eigenvalue weighted by Gasteiger charge is -2.70. The third-order valence-electron chi connectivity index (χ3n) is 10.7. The number of rotatable bonds is 0. The second-order valence-electron chi connectivity index (χ2n) is 11.6. The molecule has 4 aliphatic rings. The number of carbonyl (C=O) groups is 1. The Bertz CT molecular complexity index is 581. The summed E-state index contributed by atoms with van der Waals surface area (Å²) in [4.78, 5) is 12.8. The van der Waals surface area contributed by atoms with E-state index in [9.17, 15) is 4.79 Å². The topological polar surface area (TPSA) is 17.1 Å². The van der Waals surface area contributed by atoms with E-state index in [1.165, 1.54) is 25.7 Å². The Labute approximate surface area is 155 Å². The summed E-state index contributed by atoms with van der Waals surface area (Å²) in [6.07, 6.45) is 7.36. The second kappa shape index (κ2) is 5.35. The van der Waals surface area contributed by atoms with Crippen LogP contribution >= 0.6 is 0 Å². The Morgan fingerprint density at radius 2 is 1.60 bits per heavy atom. The number of hydrogen-bond acceptors (Lipinski definition) is 1. The molecule has 25 heavy (non-hydrogen) atoms.